The first-order chi connectivity index (χ1) is 12.0. The quantitative estimate of drug-likeness (QED) is 0.393. The van der Waals surface area contributed by atoms with Crippen LogP contribution in [0.25, 0.3) is 11.3 Å². The molecule has 3 aromatic rings. The molecule has 0 aliphatic rings. The minimum absolute atomic E-state index is 0.0849. The van der Waals surface area contributed by atoms with Crippen molar-refractivity contribution in [2.75, 3.05) is 0 Å². The molecule has 25 heavy (non-hydrogen) atoms. The molecule has 0 aliphatic carbocycles. The summed E-state index contributed by atoms with van der Waals surface area (Å²) < 4.78 is 11.1. The van der Waals surface area contributed by atoms with E-state index in [2.05, 4.69) is 26.5 Å². The zero-order chi connectivity index (χ0) is 17.8. The minimum Gasteiger partial charge on any atom is -0.459 e. The molecule has 1 aromatic carbocycles. The van der Waals surface area contributed by atoms with E-state index in [1.807, 2.05) is 0 Å². The summed E-state index contributed by atoms with van der Waals surface area (Å²) in [5, 5.41) is 14.9. The van der Waals surface area contributed by atoms with Gasteiger partial charge in [-0.15, -0.1) is 0 Å². The van der Waals surface area contributed by atoms with Gasteiger partial charge >= 0.3 is 5.91 Å². The summed E-state index contributed by atoms with van der Waals surface area (Å²) in [5.74, 6) is 0.268. The number of hydrogen-bond acceptors (Lipinski definition) is 6. The number of benzene rings is 1. The van der Waals surface area contributed by atoms with Gasteiger partial charge in [0.2, 0.25) is 0 Å². The van der Waals surface area contributed by atoms with Crippen LogP contribution in [0.1, 0.15) is 16.3 Å². The summed E-state index contributed by atoms with van der Waals surface area (Å²) in [6, 6.07) is 10.9. The monoisotopic (exact) mass is 403 g/mol. The van der Waals surface area contributed by atoms with Crippen molar-refractivity contribution in [3.8, 4) is 11.3 Å². The van der Waals surface area contributed by atoms with E-state index in [1.165, 1.54) is 24.6 Å². The van der Waals surface area contributed by atoms with Gasteiger partial charge in [-0.1, -0.05) is 15.9 Å². The number of carbonyl (C=O) groups excluding carboxylic acids is 1. The molecule has 1 amide bonds. The highest BCUT2D eigenvalue weighted by Crippen LogP contribution is 2.33. The van der Waals surface area contributed by atoms with E-state index < -0.39 is 10.8 Å². The number of nitro groups is 1. The van der Waals surface area contributed by atoms with Crippen LogP contribution in [0.3, 0.4) is 0 Å². The highest BCUT2D eigenvalue weighted by Gasteiger charge is 2.18. The SMILES string of the molecule is O=C(NN=Cc1ccc(-c2ccc(Br)cc2[N+](=O)[O-])o1)c1ccco1. The normalized spacial score (nSPS) is 10.9. The van der Waals surface area contributed by atoms with Gasteiger partial charge in [0.05, 0.1) is 23.0 Å². The number of amides is 1. The maximum Gasteiger partial charge on any atom is 0.307 e. The first-order valence-corrected chi connectivity index (χ1v) is 7.75. The van der Waals surface area contributed by atoms with Gasteiger partial charge in [-0.2, -0.15) is 5.10 Å². The number of nitrogens with one attached hydrogen (secondary N) is 1. The maximum absolute atomic E-state index is 11.6. The second-order valence-electron chi connectivity index (χ2n) is 4.80. The Hall–Kier alpha value is -3.20. The fraction of sp³-hybridized carbons (Fsp3) is 0. The van der Waals surface area contributed by atoms with E-state index in [0.717, 1.165) is 0 Å². The second kappa shape index (κ2) is 7.14. The van der Waals surface area contributed by atoms with Gasteiger partial charge in [-0.25, -0.2) is 5.43 Å². The Labute approximate surface area is 149 Å². The third-order valence-electron chi connectivity index (χ3n) is 3.15. The Morgan fingerprint density at radius 2 is 2.12 bits per heavy atom. The van der Waals surface area contributed by atoms with Gasteiger partial charge in [-0.3, -0.25) is 14.9 Å². The van der Waals surface area contributed by atoms with Crippen LogP contribution in [0.4, 0.5) is 5.69 Å². The largest absolute Gasteiger partial charge is 0.459 e. The Morgan fingerprint density at radius 3 is 2.84 bits per heavy atom. The summed E-state index contributed by atoms with van der Waals surface area (Å²) >= 11 is 3.20. The van der Waals surface area contributed by atoms with E-state index in [0.29, 0.717) is 21.6 Å². The van der Waals surface area contributed by atoms with Gasteiger partial charge in [0.1, 0.15) is 11.5 Å². The highest BCUT2D eigenvalue weighted by atomic mass is 79.9. The number of nitrogens with zero attached hydrogens (tertiary/aromatic N) is 2. The lowest BCUT2D eigenvalue weighted by molar-refractivity contribution is -0.384. The molecule has 0 atom stereocenters. The molecule has 0 radical (unpaired) electrons. The molecule has 9 heteroatoms. The Bertz CT molecular complexity index is 947. The smallest absolute Gasteiger partial charge is 0.307 e. The molecule has 0 unspecified atom stereocenters. The number of halogens is 1. The lowest BCUT2D eigenvalue weighted by Crippen LogP contribution is -2.16. The van der Waals surface area contributed by atoms with Crippen molar-refractivity contribution in [2.24, 2.45) is 5.10 Å². The van der Waals surface area contributed by atoms with Crippen LogP contribution in [-0.4, -0.2) is 17.0 Å². The molecule has 0 aliphatic heterocycles. The van der Waals surface area contributed by atoms with E-state index in [-0.39, 0.29) is 11.4 Å². The summed E-state index contributed by atoms with van der Waals surface area (Å²) in [7, 11) is 0. The lowest BCUT2D eigenvalue weighted by Gasteiger charge is -2.00. The van der Waals surface area contributed by atoms with Crippen LogP contribution >= 0.6 is 15.9 Å². The standard InChI is InChI=1S/C16H10BrN3O5/c17-10-3-5-12(13(8-10)20(22)23)14-6-4-11(25-14)9-18-19-16(21)15-2-1-7-24-15/h1-9H,(H,19,21). The van der Waals surface area contributed by atoms with E-state index in [9.17, 15) is 14.9 Å². The van der Waals surface area contributed by atoms with Crippen molar-refractivity contribution in [1.29, 1.82) is 0 Å². The lowest BCUT2D eigenvalue weighted by atomic mass is 10.1. The number of furan rings is 2. The van der Waals surface area contributed by atoms with Gasteiger partial charge in [0.25, 0.3) is 5.69 Å². The molecule has 0 fully saturated rings. The maximum atomic E-state index is 11.6. The predicted molar refractivity (Wildman–Crippen MR) is 92.3 cm³/mol. The zero-order valence-corrected chi connectivity index (χ0v) is 14.1. The molecule has 0 saturated carbocycles. The van der Waals surface area contributed by atoms with Crippen molar-refractivity contribution in [3.05, 3.63) is 74.8 Å². The van der Waals surface area contributed by atoms with Crippen LogP contribution in [0.5, 0.6) is 0 Å². The van der Waals surface area contributed by atoms with Gasteiger partial charge in [-0.05, 0) is 36.4 Å². The van der Waals surface area contributed by atoms with Crippen LogP contribution in [0.2, 0.25) is 0 Å². The van der Waals surface area contributed by atoms with Crippen LogP contribution in [0, 0.1) is 10.1 Å². The van der Waals surface area contributed by atoms with E-state index >= 15 is 0 Å². The van der Waals surface area contributed by atoms with Crippen molar-refractivity contribution in [1.82, 2.24) is 5.43 Å². The molecule has 8 nitrogen and oxygen atoms in total. The average molecular weight is 404 g/mol. The summed E-state index contributed by atoms with van der Waals surface area (Å²) in [6.45, 7) is 0. The fourth-order valence-electron chi connectivity index (χ4n) is 2.05. The molecular formula is C16H10BrN3O5. The van der Waals surface area contributed by atoms with Crippen LogP contribution in [-0.2, 0) is 0 Å². The molecule has 2 heterocycles. The number of hydrazone groups is 1. The Kier molecular flexibility index (Phi) is 4.75. The molecule has 0 spiro atoms. The number of rotatable bonds is 5. The molecule has 0 saturated heterocycles. The van der Waals surface area contributed by atoms with Gasteiger partial charge in [0, 0.05) is 10.5 Å². The topological polar surface area (TPSA) is 111 Å². The van der Waals surface area contributed by atoms with Gasteiger partial charge < -0.3 is 8.83 Å². The summed E-state index contributed by atoms with van der Waals surface area (Å²) in [6.07, 6.45) is 2.66. The van der Waals surface area contributed by atoms with E-state index in [4.69, 9.17) is 8.83 Å². The van der Waals surface area contributed by atoms with Crippen LogP contribution in [0.15, 0.2) is 67.1 Å². The first-order valence-electron chi connectivity index (χ1n) is 6.95. The zero-order valence-electron chi connectivity index (χ0n) is 12.5. The Balaban J connectivity index is 1.76. The molecule has 2 aromatic heterocycles. The van der Waals surface area contributed by atoms with Crippen molar-refractivity contribution in [2.45, 2.75) is 0 Å². The highest BCUT2D eigenvalue weighted by molar-refractivity contribution is 9.10. The number of nitro benzene ring substituents is 1. The Morgan fingerprint density at radius 1 is 1.28 bits per heavy atom. The third-order valence-corrected chi connectivity index (χ3v) is 3.64. The molecule has 126 valence electrons. The summed E-state index contributed by atoms with van der Waals surface area (Å²) in [4.78, 5) is 22.3. The molecule has 1 N–H and O–H groups in total. The molecule has 3 rings (SSSR count). The van der Waals surface area contributed by atoms with Crippen molar-refractivity contribution < 1.29 is 18.6 Å². The molecule has 0 bridgehead atoms. The predicted octanol–water partition coefficient (Wildman–Crippen LogP) is 3.97. The third kappa shape index (κ3) is 3.83. The van der Waals surface area contributed by atoms with Crippen LogP contribution < -0.4 is 5.43 Å². The minimum atomic E-state index is -0.503. The van der Waals surface area contributed by atoms with Gasteiger partial charge in [0.15, 0.2) is 5.76 Å². The molecular weight excluding hydrogens is 394 g/mol. The fourth-order valence-corrected chi connectivity index (χ4v) is 2.40. The van der Waals surface area contributed by atoms with Crippen molar-refractivity contribution >= 4 is 33.7 Å². The van der Waals surface area contributed by atoms with E-state index in [1.54, 1.807) is 30.3 Å². The first kappa shape index (κ1) is 16.7. The summed E-state index contributed by atoms with van der Waals surface area (Å²) in [5.41, 5.74) is 2.54. The average Bonchev–Trinajstić information content (AvgIpc) is 3.26. The second-order valence-corrected chi connectivity index (χ2v) is 5.71. The van der Waals surface area contributed by atoms with Crippen molar-refractivity contribution in [3.63, 3.8) is 0 Å². The number of hydrogen-bond donors (Lipinski definition) is 1. The number of carbonyl (C=O) groups is 1.